The summed E-state index contributed by atoms with van der Waals surface area (Å²) in [6, 6.07) is 36.7. The molecule has 0 unspecified atom stereocenters. The van der Waals surface area contributed by atoms with Crippen molar-refractivity contribution in [1.29, 1.82) is 16.2 Å². The van der Waals surface area contributed by atoms with Gasteiger partial charge in [-0.05, 0) is 177 Å². The molecule has 3 aliphatic rings. The van der Waals surface area contributed by atoms with Crippen LogP contribution in [0.4, 0.5) is 11.4 Å². The molecular weight excluding hydrogens is 1300 g/mol. The van der Waals surface area contributed by atoms with Crippen molar-refractivity contribution in [2.45, 2.75) is 44.4 Å². The normalized spacial score (nSPS) is 14.6. The van der Waals surface area contributed by atoms with Crippen LogP contribution in [0.3, 0.4) is 0 Å². The Morgan fingerprint density at radius 3 is 1.53 bits per heavy atom. The van der Waals surface area contributed by atoms with E-state index in [1.807, 2.05) is 71.1 Å². The molecular formula is C68H73IN12O4S4. The van der Waals surface area contributed by atoms with Crippen LogP contribution >= 0.6 is 69.7 Å². The van der Waals surface area contributed by atoms with Crippen LogP contribution in [0, 0.1) is 36.5 Å². The number of aromatic nitrogens is 4. The lowest BCUT2D eigenvalue weighted by atomic mass is 9.89. The van der Waals surface area contributed by atoms with Crippen molar-refractivity contribution in [1.82, 2.24) is 34.6 Å². The summed E-state index contributed by atoms with van der Waals surface area (Å²) in [5.41, 5.74) is 14.9. The van der Waals surface area contributed by atoms with E-state index in [0.717, 1.165) is 81.0 Å². The van der Waals surface area contributed by atoms with Crippen LogP contribution in [-0.4, -0.2) is 128 Å². The monoisotopic (exact) mass is 1380 g/mol. The molecule has 1 saturated heterocycles. The van der Waals surface area contributed by atoms with Gasteiger partial charge in [0.15, 0.2) is 0 Å². The average molecular weight is 1380 g/mol. The number of thioether (sulfide) groups is 1. The molecule has 0 radical (unpaired) electrons. The van der Waals surface area contributed by atoms with Gasteiger partial charge >= 0.3 is 0 Å². The van der Waals surface area contributed by atoms with Crippen molar-refractivity contribution >= 4 is 152 Å². The van der Waals surface area contributed by atoms with Crippen molar-refractivity contribution < 1.29 is 9.85 Å². The molecule has 3 aliphatic heterocycles. The lowest BCUT2D eigenvalue weighted by molar-refractivity contribution is -0.384. The molecule has 460 valence electrons. The fourth-order valence-electron chi connectivity index (χ4n) is 11.2. The van der Waals surface area contributed by atoms with Gasteiger partial charge in [0.05, 0.1) is 26.1 Å². The summed E-state index contributed by atoms with van der Waals surface area (Å²) in [6.07, 6.45) is 20.4. The average Bonchev–Trinajstić information content (AvgIpc) is 2.24. The second kappa shape index (κ2) is 31.2. The zero-order valence-electron chi connectivity index (χ0n) is 50.1. The number of nitro groups is 2. The number of rotatable bonds is 12. The van der Waals surface area contributed by atoms with E-state index in [4.69, 9.17) is 16.2 Å². The van der Waals surface area contributed by atoms with Gasteiger partial charge in [0, 0.05) is 153 Å². The smallest absolute Gasteiger partial charge is 0.270 e. The van der Waals surface area contributed by atoms with Gasteiger partial charge in [-0.3, -0.25) is 25.6 Å². The lowest BCUT2D eigenvalue weighted by Gasteiger charge is -2.28. The van der Waals surface area contributed by atoms with E-state index in [2.05, 4.69) is 117 Å². The fraction of sp³-hybridized carbons (Fsp3) is 0.250. The molecule has 0 spiro atoms. The summed E-state index contributed by atoms with van der Waals surface area (Å²) in [5, 5.41) is 56.4. The van der Waals surface area contributed by atoms with Crippen LogP contribution in [0.2, 0.25) is 0 Å². The number of aromatic amines is 4. The summed E-state index contributed by atoms with van der Waals surface area (Å²) in [4.78, 5) is 43.7. The van der Waals surface area contributed by atoms with E-state index in [-0.39, 0.29) is 40.3 Å². The summed E-state index contributed by atoms with van der Waals surface area (Å²) in [7, 11) is 6.46. The summed E-state index contributed by atoms with van der Waals surface area (Å²) in [6.45, 7) is 6.44. The SMILES string of the molecule is CN1CC=C(c2c[nH]c3ccc(CC(=N)c4cccs4)cc23)CC1.CN1CC=C(c2c[nH]c3ccc([N+](=O)[O-])cc23)CC1.CN1CCC(c2c[nH]c3ccc(CC(=N)c4cccs4)cc23)CC1.CSC(=N)c1cccs1.I.O=[N+]([O-])c1ccc2[nH]ccc2c1. The van der Waals surface area contributed by atoms with E-state index in [1.165, 1.54) is 105 Å². The molecule has 7 aromatic heterocycles. The molecule has 14 rings (SSSR count). The predicted octanol–water partition coefficient (Wildman–Crippen LogP) is 17.1. The molecule has 21 heteroatoms. The zero-order chi connectivity index (χ0) is 61.7. The Morgan fingerprint density at radius 1 is 0.562 bits per heavy atom. The van der Waals surface area contributed by atoms with Crippen molar-refractivity contribution in [3.8, 4) is 0 Å². The number of fused-ring (bicyclic) bond motifs is 4. The number of nitro benzene ring substituents is 2. The zero-order valence-corrected chi connectivity index (χ0v) is 55.7. The highest BCUT2D eigenvalue weighted by Gasteiger charge is 2.22. The van der Waals surface area contributed by atoms with Crippen molar-refractivity contribution in [2.75, 3.05) is 66.7 Å². The highest BCUT2D eigenvalue weighted by atomic mass is 127. The number of nitrogens with zero attached hydrogens (tertiary/aromatic N) is 5. The number of likely N-dealkylation sites (N-methyl/N-ethyl adjacent to an activating group) is 2. The maximum Gasteiger partial charge on any atom is 0.270 e. The first-order chi connectivity index (χ1) is 42.7. The first kappa shape index (κ1) is 65.8. The minimum atomic E-state index is -0.396. The summed E-state index contributed by atoms with van der Waals surface area (Å²) >= 11 is 6.37. The first-order valence-electron chi connectivity index (χ1n) is 29.2. The van der Waals surface area contributed by atoms with Gasteiger partial charge in [0.25, 0.3) is 11.4 Å². The second-order valence-electron chi connectivity index (χ2n) is 22.2. The lowest BCUT2D eigenvalue weighted by Crippen LogP contribution is -2.29. The number of H-pyrrole nitrogens is 4. The molecule has 1 fully saturated rings. The number of likely N-dealkylation sites (tertiary alicyclic amines) is 1. The van der Waals surface area contributed by atoms with Crippen LogP contribution in [-0.2, 0) is 12.8 Å². The van der Waals surface area contributed by atoms with Gasteiger partial charge in [0.1, 0.15) is 5.04 Å². The molecule has 0 atom stereocenters. The van der Waals surface area contributed by atoms with Gasteiger partial charge in [-0.25, -0.2) is 0 Å². The molecule has 0 bridgehead atoms. The topological polar surface area (TPSA) is 231 Å². The fourth-order valence-corrected chi connectivity index (χ4v) is 13.7. The minimum absolute atomic E-state index is 0. The summed E-state index contributed by atoms with van der Waals surface area (Å²) in [5.74, 6) is 0.655. The molecule has 0 amide bonds. The molecule has 16 nitrogen and oxygen atoms in total. The number of nitrogens with one attached hydrogen (secondary N) is 7. The number of piperidine rings is 1. The number of hydrogen-bond donors (Lipinski definition) is 7. The maximum atomic E-state index is 10.9. The third-order valence-corrected chi connectivity index (χ3v) is 19.7. The molecule has 7 N–H and O–H groups in total. The molecule has 0 saturated carbocycles. The maximum absolute atomic E-state index is 10.9. The Morgan fingerprint density at radius 2 is 1.03 bits per heavy atom. The van der Waals surface area contributed by atoms with Gasteiger partial charge in [0.2, 0.25) is 0 Å². The van der Waals surface area contributed by atoms with Gasteiger partial charge < -0.3 is 45.5 Å². The van der Waals surface area contributed by atoms with E-state index < -0.39 is 4.92 Å². The Bertz CT molecular complexity index is 4260. The van der Waals surface area contributed by atoms with Crippen LogP contribution in [0.15, 0.2) is 168 Å². The van der Waals surface area contributed by atoms with Crippen LogP contribution in [0.1, 0.15) is 74.0 Å². The molecule has 89 heavy (non-hydrogen) atoms. The van der Waals surface area contributed by atoms with E-state index in [1.54, 1.807) is 64.5 Å². The highest BCUT2D eigenvalue weighted by Crippen LogP contribution is 2.35. The number of hydrogen-bond acceptors (Lipinski definition) is 14. The molecule has 11 aromatic rings. The predicted molar refractivity (Wildman–Crippen MR) is 386 cm³/mol. The van der Waals surface area contributed by atoms with Crippen molar-refractivity contribution in [3.05, 3.63) is 231 Å². The second-order valence-corrected chi connectivity index (χ2v) is 25.9. The van der Waals surface area contributed by atoms with E-state index in [9.17, 15) is 20.2 Å². The van der Waals surface area contributed by atoms with Gasteiger partial charge in [-0.1, -0.05) is 42.5 Å². The minimum Gasteiger partial charge on any atom is -0.361 e. The largest absolute Gasteiger partial charge is 0.361 e. The Balaban J connectivity index is 0.000000137. The van der Waals surface area contributed by atoms with Crippen LogP contribution in [0.5, 0.6) is 0 Å². The van der Waals surface area contributed by atoms with Gasteiger partial charge in [-0.2, -0.15) is 0 Å². The quantitative estimate of drug-likeness (QED) is 0.0204. The third-order valence-electron chi connectivity index (χ3n) is 16.2. The third kappa shape index (κ3) is 17.0. The molecule has 10 heterocycles. The summed E-state index contributed by atoms with van der Waals surface area (Å²) < 4.78 is 0. The number of benzene rings is 4. The standard InChI is InChI=1S/C20H23N3S.C20H21N3S.C14H15N3O2.C8H6N2O2.C6H7NS2.HI/c2*1-23-8-6-15(7-9-23)17-13-22-19-5-4-14(11-16(17)19)12-18(21)20-3-2-10-24-20;1-16-6-4-10(5-7-16)13-9-15-14-3-2-11(17(18)19)8-12(13)14;11-10(12)7-1-2-8-6(5-7)3-4-9-8;1-8-6(7)5-3-2-4-9-5;/h2-5,10-11,13,15,21-22H,6-9,12H2,1H3;2-6,10-11,13,21-22H,7-9,12H2,1H3;2-4,8-9,15H,5-7H2,1H3;1-5,9H;2-4,7H,1H3;1H. The van der Waals surface area contributed by atoms with E-state index in [0.29, 0.717) is 35.2 Å². The Kier molecular flexibility index (Phi) is 23.1. The number of thiophene rings is 3. The van der Waals surface area contributed by atoms with Crippen molar-refractivity contribution in [3.63, 3.8) is 0 Å². The van der Waals surface area contributed by atoms with Crippen LogP contribution < -0.4 is 0 Å². The van der Waals surface area contributed by atoms with Gasteiger partial charge in [-0.15, -0.1) is 69.7 Å². The first-order valence-corrected chi connectivity index (χ1v) is 33.0. The number of non-ortho nitro benzene ring substituents is 2. The number of halogens is 1. The Labute approximate surface area is 551 Å². The Hall–Kier alpha value is -7.61. The van der Waals surface area contributed by atoms with E-state index >= 15 is 0 Å². The molecule has 0 aliphatic carbocycles. The highest BCUT2D eigenvalue weighted by molar-refractivity contribution is 14.0. The van der Waals surface area contributed by atoms with Crippen molar-refractivity contribution in [2.24, 2.45) is 0 Å². The molecule has 4 aromatic carbocycles. The van der Waals surface area contributed by atoms with Crippen LogP contribution in [0.25, 0.3) is 54.8 Å².